The molecule has 1 heterocycles. The highest BCUT2D eigenvalue weighted by atomic mass is 35.5. The second-order valence-corrected chi connectivity index (χ2v) is 5.40. The number of methoxy groups -OCH3 is 1. The topological polar surface area (TPSA) is 67.4 Å². The number of rotatable bonds is 6. The van der Waals surface area contributed by atoms with Gasteiger partial charge in [0.05, 0.1) is 7.11 Å². The van der Waals surface area contributed by atoms with Crippen LogP contribution in [0.25, 0.3) is 0 Å². The third kappa shape index (κ3) is 5.66. The maximum atomic E-state index is 12.1. The summed E-state index contributed by atoms with van der Waals surface area (Å²) in [6.07, 6.45) is 1.91. The third-order valence-electron chi connectivity index (χ3n) is 3.74. The number of hydrogen-bond acceptors (Lipinski definition) is 4. The predicted molar refractivity (Wildman–Crippen MR) is 86.9 cm³/mol. The van der Waals surface area contributed by atoms with Gasteiger partial charge in [-0.25, -0.2) is 4.79 Å². The smallest absolute Gasteiger partial charge is 0.328 e. The van der Waals surface area contributed by atoms with Gasteiger partial charge in [0.2, 0.25) is 5.91 Å². The number of amides is 1. The van der Waals surface area contributed by atoms with E-state index in [4.69, 9.17) is 4.74 Å². The molecule has 6 heteroatoms. The Morgan fingerprint density at radius 1 is 1.36 bits per heavy atom. The van der Waals surface area contributed by atoms with E-state index in [1.807, 2.05) is 30.3 Å². The summed E-state index contributed by atoms with van der Waals surface area (Å²) in [6.45, 7) is 1.83. The molecule has 0 aromatic heterocycles. The van der Waals surface area contributed by atoms with Gasteiger partial charge in [-0.1, -0.05) is 30.3 Å². The van der Waals surface area contributed by atoms with Crippen molar-refractivity contribution in [3.63, 3.8) is 0 Å². The van der Waals surface area contributed by atoms with Crippen LogP contribution in [0, 0.1) is 5.92 Å². The van der Waals surface area contributed by atoms with Crippen LogP contribution in [0.3, 0.4) is 0 Å². The molecule has 1 aromatic carbocycles. The molecule has 5 nitrogen and oxygen atoms in total. The molecular formula is C16H23ClN2O3. The lowest BCUT2D eigenvalue weighted by atomic mass is 10.0. The highest BCUT2D eigenvalue weighted by Gasteiger charge is 2.24. The summed E-state index contributed by atoms with van der Waals surface area (Å²) in [5.41, 5.74) is 0.996. The van der Waals surface area contributed by atoms with Crippen molar-refractivity contribution in [1.82, 2.24) is 10.6 Å². The number of carbonyl (C=O) groups excluding carboxylic acids is 2. The lowest BCUT2D eigenvalue weighted by Crippen LogP contribution is -2.43. The molecule has 2 atom stereocenters. The Hall–Kier alpha value is -1.59. The van der Waals surface area contributed by atoms with E-state index >= 15 is 0 Å². The molecule has 1 aliphatic heterocycles. The van der Waals surface area contributed by atoms with Crippen molar-refractivity contribution in [2.45, 2.75) is 25.3 Å². The van der Waals surface area contributed by atoms with Crippen molar-refractivity contribution in [3.8, 4) is 0 Å². The van der Waals surface area contributed by atoms with E-state index in [9.17, 15) is 9.59 Å². The van der Waals surface area contributed by atoms with Crippen LogP contribution in [0.2, 0.25) is 0 Å². The molecule has 0 spiro atoms. The second kappa shape index (κ2) is 9.43. The molecular weight excluding hydrogens is 304 g/mol. The summed E-state index contributed by atoms with van der Waals surface area (Å²) in [7, 11) is 1.34. The molecule has 0 bridgehead atoms. The average Bonchev–Trinajstić information content (AvgIpc) is 2.99. The molecule has 1 aromatic rings. The fourth-order valence-corrected chi connectivity index (χ4v) is 2.59. The van der Waals surface area contributed by atoms with Gasteiger partial charge < -0.3 is 15.4 Å². The van der Waals surface area contributed by atoms with Crippen molar-refractivity contribution >= 4 is 24.3 Å². The maximum absolute atomic E-state index is 12.1. The van der Waals surface area contributed by atoms with Crippen molar-refractivity contribution in [3.05, 3.63) is 35.9 Å². The van der Waals surface area contributed by atoms with E-state index in [0.29, 0.717) is 18.8 Å². The van der Waals surface area contributed by atoms with Crippen LogP contribution in [0.1, 0.15) is 18.4 Å². The van der Waals surface area contributed by atoms with E-state index in [0.717, 1.165) is 25.1 Å². The first-order valence-corrected chi connectivity index (χ1v) is 7.31. The molecule has 1 amide bonds. The van der Waals surface area contributed by atoms with Crippen molar-refractivity contribution in [2.24, 2.45) is 5.92 Å². The van der Waals surface area contributed by atoms with Crippen LogP contribution >= 0.6 is 12.4 Å². The minimum Gasteiger partial charge on any atom is -0.467 e. The van der Waals surface area contributed by atoms with Crippen LogP contribution in [-0.2, 0) is 20.7 Å². The first-order chi connectivity index (χ1) is 10.2. The predicted octanol–water partition coefficient (Wildman–Crippen LogP) is 1.31. The molecule has 2 N–H and O–H groups in total. The summed E-state index contributed by atoms with van der Waals surface area (Å²) >= 11 is 0. The Bertz CT molecular complexity index is 476. The monoisotopic (exact) mass is 326 g/mol. The third-order valence-corrected chi connectivity index (χ3v) is 3.74. The molecule has 1 fully saturated rings. The molecule has 122 valence electrons. The minimum atomic E-state index is -0.626. The van der Waals surface area contributed by atoms with Crippen LogP contribution in [0.5, 0.6) is 0 Å². The Balaban J connectivity index is 0.00000242. The molecule has 0 radical (unpaired) electrons. The number of esters is 1. The second-order valence-electron chi connectivity index (χ2n) is 5.40. The lowest BCUT2D eigenvalue weighted by molar-refractivity contribution is -0.145. The van der Waals surface area contributed by atoms with Crippen molar-refractivity contribution < 1.29 is 14.3 Å². The number of benzene rings is 1. The summed E-state index contributed by atoms with van der Waals surface area (Å²) in [5, 5.41) is 6.03. The Kier molecular flexibility index (Phi) is 7.91. The van der Waals surface area contributed by atoms with Gasteiger partial charge in [-0.05, 0) is 31.0 Å². The van der Waals surface area contributed by atoms with E-state index < -0.39 is 12.0 Å². The fraction of sp³-hybridized carbons (Fsp3) is 0.500. The maximum Gasteiger partial charge on any atom is 0.328 e. The van der Waals surface area contributed by atoms with Gasteiger partial charge in [0, 0.05) is 12.8 Å². The summed E-state index contributed by atoms with van der Waals surface area (Å²) < 4.78 is 4.79. The SMILES string of the molecule is COC(=O)C(Cc1ccccc1)NC(=O)CC1CCNC1.Cl. The zero-order valence-electron chi connectivity index (χ0n) is 12.7. The zero-order chi connectivity index (χ0) is 15.1. The Morgan fingerprint density at radius 3 is 2.68 bits per heavy atom. The van der Waals surface area contributed by atoms with E-state index in [1.165, 1.54) is 7.11 Å². The quantitative estimate of drug-likeness (QED) is 0.773. The number of carbonyl (C=O) groups is 2. The molecule has 1 aliphatic rings. The summed E-state index contributed by atoms with van der Waals surface area (Å²) in [6, 6.07) is 8.99. The first kappa shape index (κ1) is 18.5. The van der Waals surface area contributed by atoms with E-state index in [2.05, 4.69) is 10.6 Å². The number of ether oxygens (including phenoxy) is 1. The van der Waals surface area contributed by atoms with Crippen LogP contribution in [-0.4, -0.2) is 38.1 Å². The first-order valence-electron chi connectivity index (χ1n) is 7.31. The van der Waals surface area contributed by atoms with Gasteiger partial charge in [0.25, 0.3) is 0 Å². The van der Waals surface area contributed by atoms with Crippen molar-refractivity contribution in [1.29, 1.82) is 0 Å². The Morgan fingerprint density at radius 2 is 2.09 bits per heavy atom. The standard InChI is InChI=1S/C16H22N2O3.ClH/c1-21-16(20)14(9-12-5-3-2-4-6-12)18-15(19)10-13-7-8-17-11-13;/h2-6,13-14,17H,7-11H2,1H3,(H,18,19);1H. The van der Waals surface area contributed by atoms with Gasteiger partial charge in [-0.15, -0.1) is 12.4 Å². The fourth-order valence-electron chi connectivity index (χ4n) is 2.59. The number of halogens is 1. The zero-order valence-corrected chi connectivity index (χ0v) is 13.5. The van der Waals surface area contributed by atoms with Gasteiger partial charge in [0.1, 0.15) is 6.04 Å². The highest BCUT2D eigenvalue weighted by Crippen LogP contribution is 2.12. The average molecular weight is 327 g/mol. The Labute approximate surface area is 137 Å². The van der Waals surface area contributed by atoms with Crippen LogP contribution in [0.4, 0.5) is 0 Å². The van der Waals surface area contributed by atoms with Crippen LogP contribution in [0.15, 0.2) is 30.3 Å². The normalized spacial score (nSPS) is 18.1. The van der Waals surface area contributed by atoms with Gasteiger partial charge in [-0.3, -0.25) is 4.79 Å². The minimum absolute atomic E-state index is 0. The summed E-state index contributed by atoms with van der Waals surface area (Å²) in [4.78, 5) is 23.9. The number of nitrogens with one attached hydrogen (secondary N) is 2. The number of hydrogen-bond donors (Lipinski definition) is 2. The largest absolute Gasteiger partial charge is 0.467 e. The van der Waals surface area contributed by atoms with E-state index in [-0.39, 0.29) is 18.3 Å². The molecule has 0 aliphatic carbocycles. The van der Waals surface area contributed by atoms with Gasteiger partial charge in [-0.2, -0.15) is 0 Å². The molecule has 2 unspecified atom stereocenters. The van der Waals surface area contributed by atoms with E-state index in [1.54, 1.807) is 0 Å². The molecule has 2 rings (SSSR count). The van der Waals surface area contributed by atoms with Crippen molar-refractivity contribution in [2.75, 3.05) is 20.2 Å². The molecule has 1 saturated heterocycles. The van der Waals surface area contributed by atoms with Gasteiger partial charge in [0.15, 0.2) is 0 Å². The van der Waals surface area contributed by atoms with Crippen LogP contribution < -0.4 is 10.6 Å². The highest BCUT2D eigenvalue weighted by molar-refractivity contribution is 5.85. The molecule has 0 saturated carbocycles. The molecule has 22 heavy (non-hydrogen) atoms. The van der Waals surface area contributed by atoms with Gasteiger partial charge >= 0.3 is 5.97 Å². The lowest BCUT2D eigenvalue weighted by Gasteiger charge is -2.17. The summed E-state index contributed by atoms with van der Waals surface area (Å²) in [5.74, 6) is -0.133.